The Morgan fingerprint density at radius 2 is 1.88 bits per heavy atom. The van der Waals surface area contributed by atoms with Gasteiger partial charge in [-0.05, 0) is 47.5 Å². The molecule has 0 radical (unpaired) electrons. The van der Waals surface area contributed by atoms with Crippen molar-refractivity contribution >= 4 is 46.7 Å². The molecule has 1 atom stereocenters. The molecule has 1 fully saturated rings. The lowest BCUT2D eigenvalue weighted by Crippen LogP contribution is -2.47. The van der Waals surface area contributed by atoms with Gasteiger partial charge in [-0.2, -0.15) is 0 Å². The lowest BCUT2D eigenvalue weighted by atomic mass is 9.97. The first-order chi connectivity index (χ1) is 11.3. The van der Waals surface area contributed by atoms with Crippen molar-refractivity contribution in [2.24, 2.45) is 10.9 Å². The average molecular weight is 487 g/mol. The molecule has 1 unspecified atom stereocenters. The fourth-order valence-electron chi connectivity index (χ4n) is 2.55. The van der Waals surface area contributed by atoms with Gasteiger partial charge in [0, 0.05) is 40.9 Å². The van der Waals surface area contributed by atoms with Gasteiger partial charge in [0.25, 0.3) is 0 Å². The van der Waals surface area contributed by atoms with Crippen molar-refractivity contribution < 1.29 is 13.7 Å². The highest BCUT2D eigenvalue weighted by Crippen LogP contribution is 2.19. The first-order valence-corrected chi connectivity index (χ1v) is 10.2. The molecule has 1 aliphatic heterocycles. The third kappa shape index (κ3) is 8.70. The molecule has 8 heteroatoms. The molecular weight excluding hydrogens is 453 g/mol. The number of likely N-dealkylation sites (tertiary alicyclic amines) is 1. The maximum Gasteiger partial charge on any atom is 0.309 e. The number of carbonyl (C=O) groups excluding carboxylic acids is 1. The van der Waals surface area contributed by atoms with Crippen molar-refractivity contribution in [3.05, 3.63) is 0 Å². The first kappa shape index (κ1) is 24.6. The summed E-state index contributed by atoms with van der Waals surface area (Å²) in [5.74, 6) is 1.33. The van der Waals surface area contributed by atoms with Crippen molar-refractivity contribution in [3.63, 3.8) is 0 Å². The average Bonchev–Trinajstić information content (AvgIpc) is 2.53. The number of hydrogen-bond acceptors (Lipinski definition) is 4. The highest BCUT2D eigenvalue weighted by molar-refractivity contribution is 14.0. The maximum absolute atomic E-state index is 12.1. The van der Waals surface area contributed by atoms with Crippen LogP contribution in [0, 0.1) is 5.92 Å². The number of halogens is 1. The minimum atomic E-state index is -0.891. The number of nitrogens with zero attached hydrogens (tertiary/aromatic N) is 2. The summed E-state index contributed by atoms with van der Waals surface area (Å²) in [6, 6.07) is 0. The predicted octanol–water partition coefficient (Wildman–Crippen LogP) is 2.39. The van der Waals surface area contributed by atoms with Crippen LogP contribution in [0.15, 0.2) is 4.99 Å². The molecule has 0 spiro atoms. The summed E-state index contributed by atoms with van der Waals surface area (Å²) in [6.07, 6.45) is 1.58. The summed E-state index contributed by atoms with van der Waals surface area (Å²) in [6.45, 7) is 13.2. The van der Waals surface area contributed by atoms with E-state index in [1.807, 2.05) is 34.6 Å². The van der Waals surface area contributed by atoms with E-state index in [4.69, 9.17) is 4.74 Å². The van der Waals surface area contributed by atoms with Crippen molar-refractivity contribution in [1.29, 1.82) is 0 Å². The van der Waals surface area contributed by atoms with Gasteiger partial charge in [-0.1, -0.05) is 0 Å². The van der Waals surface area contributed by atoms with E-state index in [2.05, 4.69) is 15.2 Å². The number of piperidine rings is 1. The van der Waals surface area contributed by atoms with E-state index in [1.54, 1.807) is 0 Å². The minimum Gasteiger partial charge on any atom is -0.466 e. The normalized spacial score (nSPS) is 17.6. The van der Waals surface area contributed by atoms with Crippen LogP contribution < -0.4 is 5.32 Å². The van der Waals surface area contributed by atoms with Crippen LogP contribution >= 0.6 is 24.0 Å². The molecule has 0 aromatic carbocycles. The molecule has 1 N–H and O–H groups in total. The molecule has 0 bridgehead atoms. The zero-order valence-electron chi connectivity index (χ0n) is 16.2. The molecule has 0 aromatic rings. The number of rotatable bonds is 6. The van der Waals surface area contributed by atoms with E-state index >= 15 is 0 Å². The molecular formula is C17H34IN3O3S. The van der Waals surface area contributed by atoms with Crippen LogP contribution in [0.1, 0.15) is 47.5 Å². The molecule has 1 aliphatic rings. The smallest absolute Gasteiger partial charge is 0.309 e. The molecule has 6 nitrogen and oxygen atoms in total. The van der Waals surface area contributed by atoms with Gasteiger partial charge in [-0.3, -0.25) is 14.0 Å². The second-order valence-corrected chi connectivity index (χ2v) is 9.24. The van der Waals surface area contributed by atoms with E-state index < -0.39 is 10.8 Å². The predicted molar refractivity (Wildman–Crippen MR) is 115 cm³/mol. The number of aliphatic imine (C=N–C) groups is 1. The summed E-state index contributed by atoms with van der Waals surface area (Å²) in [4.78, 5) is 18.6. The fourth-order valence-corrected chi connectivity index (χ4v) is 3.42. The molecule has 1 saturated heterocycles. The van der Waals surface area contributed by atoms with Crippen molar-refractivity contribution in [3.8, 4) is 0 Å². The Morgan fingerprint density at radius 3 is 2.36 bits per heavy atom. The maximum atomic E-state index is 12.1. The summed E-state index contributed by atoms with van der Waals surface area (Å²) in [5.41, 5.74) is 0. The Morgan fingerprint density at radius 1 is 1.28 bits per heavy atom. The summed E-state index contributed by atoms with van der Waals surface area (Å²) < 4.78 is 17.0. The Balaban J connectivity index is 0.00000576. The molecule has 1 rings (SSSR count). The Kier molecular flexibility index (Phi) is 11.9. The van der Waals surface area contributed by atoms with Crippen LogP contribution in [-0.2, 0) is 20.3 Å². The van der Waals surface area contributed by atoms with Crippen LogP contribution in [0.25, 0.3) is 0 Å². The Hall–Kier alpha value is -0.380. The topological polar surface area (TPSA) is 71.0 Å². The van der Waals surface area contributed by atoms with Crippen molar-refractivity contribution in [1.82, 2.24) is 10.2 Å². The molecule has 148 valence electrons. The molecule has 1 heterocycles. The lowest BCUT2D eigenvalue weighted by Gasteiger charge is -2.33. The second-order valence-electron chi connectivity index (χ2n) is 6.91. The van der Waals surface area contributed by atoms with E-state index in [1.165, 1.54) is 0 Å². The third-order valence-corrected chi connectivity index (χ3v) is 5.89. The largest absolute Gasteiger partial charge is 0.466 e. The zero-order valence-corrected chi connectivity index (χ0v) is 19.3. The molecule has 0 saturated carbocycles. The highest BCUT2D eigenvalue weighted by atomic mass is 127. The number of carbonyl (C=O) groups is 1. The van der Waals surface area contributed by atoms with Gasteiger partial charge < -0.3 is 15.0 Å². The number of hydrogen-bond donors (Lipinski definition) is 1. The number of nitrogens with one attached hydrogen (secondary N) is 1. The molecule has 0 aromatic heterocycles. The summed E-state index contributed by atoms with van der Waals surface area (Å²) in [5, 5.41) is 3.29. The van der Waals surface area contributed by atoms with Gasteiger partial charge >= 0.3 is 5.97 Å². The van der Waals surface area contributed by atoms with Crippen LogP contribution in [0.5, 0.6) is 0 Å². The molecule has 0 amide bonds. The van der Waals surface area contributed by atoms with E-state index in [0.29, 0.717) is 18.9 Å². The molecule has 25 heavy (non-hydrogen) atoms. The Labute approximate surface area is 172 Å². The zero-order chi connectivity index (χ0) is 18.2. The van der Waals surface area contributed by atoms with Gasteiger partial charge in [0.1, 0.15) is 0 Å². The second kappa shape index (κ2) is 12.1. The van der Waals surface area contributed by atoms with Crippen molar-refractivity contribution in [2.45, 2.75) is 52.2 Å². The van der Waals surface area contributed by atoms with Crippen LogP contribution in [0.3, 0.4) is 0 Å². The van der Waals surface area contributed by atoms with Gasteiger partial charge in [-0.25, -0.2) is 0 Å². The van der Waals surface area contributed by atoms with Gasteiger partial charge in [0.2, 0.25) is 0 Å². The highest BCUT2D eigenvalue weighted by Gasteiger charge is 2.27. The standard InChI is InChI=1S/C17H33N3O3S.HI/c1-6-18-16(19-10-13-24(22)17(3,4)5)20-11-8-14(9-12-20)15(21)23-7-2;/h14H,6-13H2,1-5H3,(H,18,19);1H. The number of esters is 1. The SMILES string of the molecule is CCNC(=NCCS(=O)C(C)(C)C)N1CCC(C(=O)OCC)CC1.I. The van der Waals surface area contributed by atoms with E-state index in [0.717, 1.165) is 38.4 Å². The Bertz CT molecular complexity index is 459. The van der Waals surface area contributed by atoms with E-state index in [9.17, 15) is 9.00 Å². The summed E-state index contributed by atoms with van der Waals surface area (Å²) >= 11 is 0. The molecule has 0 aliphatic carbocycles. The third-order valence-electron chi connectivity index (χ3n) is 3.97. The van der Waals surface area contributed by atoms with Crippen LogP contribution in [-0.4, -0.2) is 64.3 Å². The number of guanidine groups is 1. The minimum absolute atomic E-state index is 0. The number of ether oxygens (including phenoxy) is 1. The van der Waals surface area contributed by atoms with Crippen molar-refractivity contribution in [2.75, 3.05) is 38.5 Å². The van der Waals surface area contributed by atoms with Gasteiger partial charge in [0.15, 0.2) is 5.96 Å². The fraction of sp³-hybridized carbons (Fsp3) is 0.882. The monoisotopic (exact) mass is 487 g/mol. The van der Waals surface area contributed by atoms with Crippen LogP contribution in [0.4, 0.5) is 0 Å². The van der Waals surface area contributed by atoms with Crippen LogP contribution in [0.2, 0.25) is 0 Å². The quantitative estimate of drug-likeness (QED) is 0.270. The van der Waals surface area contributed by atoms with Gasteiger partial charge in [-0.15, -0.1) is 24.0 Å². The van der Waals surface area contributed by atoms with E-state index in [-0.39, 0.29) is 40.6 Å². The summed E-state index contributed by atoms with van der Waals surface area (Å²) in [7, 11) is -0.891. The van der Waals surface area contributed by atoms with Gasteiger partial charge in [0.05, 0.1) is 19.1 Å². The first-order valence-electron chi connectivity index (χ1n) is 8.88. The lowest BCUT2D eigenvalue weighted by molar-refractivity contribution is -0.149.